The van der Waals surface area contributed by atoms with Gasteiger partial charge in [-0.3, -0.25) is 9.69 Å². The zero-order valence-corrected chi connectivity index (χ0v) is 20.5. The number of hydrogen-bond acceptors (Lipinski definition) is 6. The van der Waals surface area contributed by atoms with Crippen LogP contribution in [-0.4, -0.2) is 69.2 Å². The molecule has 0 unspecified atom stereocenters. The highest BCUT2D eigenvalue weighted by molar-refractivity contribution is 5.93. The Balaban J connectivity index is 1.33. The average Bonchev–Trinajstić information content (AvgIpc) is 3.29. The van der Waals surface area contributed by atoms with Crippen molar-refractivity contribution >= 4 is 16.9 Å². The Kier molecular flexibility index (Phi) is 6.92. The number of likely N-dealkylation sites (tertiary alicyclic amines) is 1. The lowest BCUT2D eigenvalue weighted by atomic mass is 10.1. The lowest BCUT2D eigenvalue weighted by molar-refractivity contribution is -0.126. The third-order valence-corrected chi connectivity index (χ3v) is 6.17. The molecule has 4 aromatic rings. The smallest absolute Gasteiger partial charge is 0.298 e. The Labute approximate surface area is 210 Å². The van der Waals surface area contributed by atoms with Crippen molar-refractivity contribution in [3.63, 3.8) is 0 Å². The van der Waals surface area contributed by atoms with Crippen LogP contribution in [0.25, 0.3) is 22.3 Å². The van der Waals surface area contributed by atoms with E-state index in [1.165, 1.54) is 0 Å². The molecule has 1 aliphatic rings. The van der Waals surface area contributed by atoms with E-state index < -0.39 is 0 Å². The van der Waals surface area contributed by atoms with E-state index in [0.717, 1.165) is 46.6 Å². The Bertz CT molecular complexity index is 1400. The topological polar surface area (TPSA) is 76.4 Å². The Morgan fingerprint density at radius 3 is 2.50 bits per heavy atom. The maximum Gasteiger partial charge on any atom is 0.298 e. The fourth-order valence-corrected chi connectivity index (χ4v) is 4.32. The molecule has 2 aromatic carbocycles. The van der Waals surface area contributed by atoms with Gasteiger partial charge in [0, 0.05) is 24.8 Å². The SMILES string of the molecule is CN(C)CC#CC(=O)N1CCC(n2nc(-c3ccc(Oc4ccccc4)cc3)c3cncnc32)CC1. The van der Waals surface area contributed by atoms with Crippen LogP contribution < -0.4 is 4.74 Å². The normalized spacial score (nSPS) is 14.0. The highest BCUT2D eigenvalue weighted by atomic mass is 16.5. The van der Waals surface area contributed by atoms with E-state index >= 15 is 0 Å². The molecule has 2 aromatic heterocycles. The number of carbonyl (C=O) groups is 1. The number of amides is 1. The van der Waals surface area contributed by atoms with Crippen molar-refractivity contribution in [1.82, 2.24) is 29.5 Å². The summed E-state index contributed by atoms with van der Waals surface area (Å²) in [5.41, 5.74) is 2.61. The minimum Gasteiger partial charge on any atom is -0.457 e. The van der Waals surface area contributed by atoms with Gasteiger partial charge in [-0.25, -0.2) is 14.6 Å². The minimum absolute atomic E-state index is 0.110. The van der Waals surface area contributed by atoms with Gasteiger partial charge in [0.1, 0.15) is 23.5 Å². The fourth-order valence-electron chi connectivity index (χ4n) is 4.32. The molecule has 0 atom stereocenters. The first kappa shape index (κ1) is 23.5. The molecule has 1 saturated heterocycles. The van der Waals surface area contributed by atoms with Crippen molar-refractivity contribution in [3.8, 4) is 34.6 Å². The molecule has 8 nitrogen and oxygen atoms in total. The zero-order valence-electron chi connectivity index (χ0n) is 20.5. The molecule has 0 saturated carbocycles. The number of piperidine rings is 1. The maximum atomic E-state index is 12.4. The van der Waals surface area contributed by atoms with Gasteiger partial charge in [0.2, 0.25) is 0 Å². The standard InChI is InChI=1S/C28H28N6O2/c1-32(2)16-6-9-26(35)33-17-14-22(15-18-33)34-28-25(19-29-20-30-28)27(31-34)21-10-12-24(13-11-21)36-23-7-4-3-5-8-23/h3-5,7-8,10-13,19-20,22H,14-18H2,1-2H3. The molecule has 0 aliphatic carbocycles. The summed E-state index contributed by atoms with van der Waals surface area (Å²) in [6.07, 6.45) is 4.96. The van der Waals surface area contributed by atoms with Gasteiger partial charge in [0.25, 0.3) is 5.91 Å². The summed E-state index contributed by atoms with van der Waals surface area (Å²) in [7, 11) is 3.87. The van der Waals surface area contributed by atoms with E-state index in [0.29, 0.717) is 19.6 Å². The van der Waals surface area contributed by atoms with Gasteiger partial charge in [-0.1, -0.05) is 24.1 Å². The number of ether oxygens (including phenoxy) is 1. The number of hydrogen-bond donors (Lipinski definition) is 0. The van der Waals surface area contributed by atoms with Gasteiger partial charge >= 0.3 is 0 Å². The van der Waals surface area contributed by atoms with Crippen LogP contribution in [0.15, 0.2) is 67.1 Å². The average molecular weight is 481 g/mol. The van der Waals surface area contributed by atoms with Crippen LogP contribution in [0.5, 0.6) is 11.5 Å². The molecule has 1 fully saturated rings. The number of para-hydroxylation sites is 1. The molecule has 0 spiro atoms. The first-order valence-corrected chi connectivity index (χ1v) is 12.0. The summed E-state index contributed by atoms with van der Waals surface area (Å²) in [5.74, 6) is 7.13. The van der Waals surface area contributed by atoms with E-state index in [-0.39, 0.29) is 11.9 Å². The number of benzene rings is 2. The van der Waals surface area contributed by atoms with E-state index in [9.17, 15) is 4.79 Å². The second kappa shape index (κ2) is 10.6. The fraction of sp³-hybridized carbons (Fsp3) is 0.286. The molecule has 0 radical (unpaired) electrons. The van der Waals surface area contributed by atoms with Crippen molar-refractivity contribution in [1.29, 1.82) is 0 Å². The molecule has 1 amide bonds. The summed E-state index contributed by atoms with van der Waals surface area (Å²) in [5, 5.41) is 5.88. The highest BCUT2D eigenvalue weighted by Crippen LogP contribution is 2.33. The summed E-state index contributed by atoms with van der Waals surface area (Å²) in [4.78, 5) is 25.0. The number of nitrogens with zero attached hydrogens (tertiary/aromatic N) is 6. The van der Waals surface area contributed by atoms with Crippen LogP contribution in [0.1, 0.15) is 18.9 Å². The van der Waals surface area contributed by atoms with Gasteiger partial charge in [0.15, 0.2) is 5.65 Å². The molecule has 8 heteroatoms. The van der Waals surface area contributed by atoms with E-state index in [1.807, 2.05) is 89.4 Å². The molecular weight excluding hydrogens is 452 g/mol. The second-order valence-corrected chi connectivity index (χ2v) is 9.06. The van der Waals surface area contributed by atoms with Crippen LogP contribution in [0, 0.1) is 11.8 Å². The maximum absolute atomic E-state index is 12.4. The minimum atomic E-state index is -0.110. The molecular formula is C28H28N6O2. The molecule has 36 heavy (non-hydrogen) atoms. The van der Waals surface area contributed by atoms with Gasteiger partial charge < -0.3 is 9.64 Å². The van der Waals surface area contributed by atoms with E-state index in [2.05, 4.69) is 21.8 Å². The predicted octanol–water partition coefficient (Wildman–Crippen LogP) is 4.01. The Morgan fingerprint density at radius 1 is 1.06 bits per heavy atom. The summed E-state index contributed by atoms with van der Waals surface area (Å²) >= 11 is 0. The first-order valence-electron chi connectivity index (χ1n) is 12.0. The molecule has 1 aliphatic heterocycles. The quantitative estimate of drug-likeness (QED) is 0.402. The largest absolute Gasteiger partial charge is 0.457 e. The highest BCUT2D eigenvalue weighted by Gasteiger charge is 2.26. The third-order valence-electron chi connectivity index (χ3n) is 6.17. The van der Waals surface area contributed by atoms with Crippen LogP contribution in [0.4, 0.5) is 0 Å². The van der Waals surface area contributed by atoms with Gasteiger partial charge in [-0.2, -0.15) is 5.10 Å². The summed E-state index contributed by atoms with van der Waals surface area (Å²) < 4.78 is 7.93. The number of rotatable bonds is 5. The zero-order chi connectivity index (χ0) is 24.9. The summed E-state index contributed by atoms with van der Waals surface area (Å²) in [6, 6.07) is 17.7. The van der Waals surface area contributed by atoms with Crippen LogP contribution >= 0.6 is 0 Å². The number of aromatic nitrogens is 4. The van der Waals surface area contributed by atoms with Crippen LogP contribution in [0.3, 0.4) is 0 Å². The van der Waals surface area contributed by atoms with E-state index in [1.54, 1.807) is 6.33 Å². The monoisotopic (exact) mass is 480 g/mol. The molecule has 5 rings (SSSR count). The lowest BCUT2D eigenvalue weighted by Crippen LogP contribution is -2.38. The van der Waals surface area contributed by atoms with Crippen LogP contribution in [-0.2, 0) is 4.79 Å². The molecule has 0 bridgehead atoms. The Morgan fingerprint density at radius 2 is 1.78 bits per heavy atom. The van der Waals surface area contributed by atoms with Gasteiger partial charge in [0.05, 0.1) is 18.0 Å². The Hall–Kier alpha value is -4.22. The third kappa shape index (κ3) is 5.21. The number of fused-ring (bicyclic) bond motifs is 1. The van der Waals surface area contributed by atoms with Crippen molar-refractivity contribution in [3.05, 3.63) is 67.1 Å². The van der Waals surface area contributed by atoms with Gasteiger partial charge in [-0.05, 0) is 69.3 Å². The van der Waals surface area contributed by atoms with Crippen molar-refractivity contribution < 1.29 is 9.53 Å². The van der Waals surface area contributed by atoms with Crippen molar-refractivity contribution in [2.45, 2.75) is 18.9 Å². The first-order chi connectivity index (χ1) is 17.6. The molecule has 3 heterocycles. The van der Waals surface area contributed by atoms with Gasteiger partial charge in [-0.15, -0.1) is 0 Å². The lowest BCUT2D eigenvalue weighted by Gasteiger charge is -2.30. The van der Waals surface area contributed by atoms with E-state index in [4.69, 9.17) is 9.84 Å². The summed E-state index contributed by atoms with van der Waals surface area (Å²) in [6.45, 7) is 1.87. The molecule has 0 N–H and O–H groups in total. The molecule has 182 valence electrons. The number of carbonyl (C=O) groups excluding carboxylic acids is 1. The van der Waals surface area contributed by atoms with Crippen LogP contribution in [0.2, 0.25) is 0 Å². The van der Waals surface area contributed by atoms with Crippen molar-refractivity contribution in [2.75, 3.05) is 33.7 Å². The predicted molar refractivity (Wildman–Crippen MR) is 138 cm³/mol. The van der Waals surface area contributed by atoms with Crippen molar-refractivity contribution in [2.24, 2.45) is 0 Å². The second-order valence-electron chi connectivity index (χ2n) is 9.06.